The third kappa shape index (κ3) is 0.320. The molecule has 4 unspecified atom stereocenters. The van der Waals surface area contributed by atoms with Crippen LogP contribution in [-0.2, 0) is 4.79 Å². The Morgan fingerprint density at radius 2 is 2.20 bits per heavy atom. The van der Waals surface area contributed by atoms with E-state index in [1.807, 2.05) is 0 Å². The predicted octanol–water partition coefficient (Wildman–Crippen LogP) is 1.62. The minimum Gasteiger partial charge on any atom is -0.299 e. The Bertz CT molecular complexity index is 215. The van der Waals surface area contributed by atoms with E-state index in [9.17, 15) is 4.79 Å². The standard InChI is InChI=1S/C9H12O/c1-9-6-3-2-5(8(9)10)4-7(6)9/h5-7H,2-4H2,1H3. The van der Waals surface area contributed by atoms with Crippen molar-refractivity contribution in [3.63, 3.8) is 0 Å². The van der Waals surface area contributed by atoms with Crippen molar-refractivity contribution in [2.45, 2.75) is 26.2 Å². The molecule has 1 heteroatoms. The lowest BCUT2D eigenvalue weighted by Gasteiger charge is -2.22. The zero-order chi connectivity index (χ0) is 6.93. The molecule has 4 aliphatic rings. The highest BCUT2D eigenvalue weighted by Crippen LogP contribution is 2.73. The van der Waals surface area contributed by atoms with E-state index in [-0.39, 0.29) is 5.41 Å². The quantitative estimate of drug-likeness (QED) is 0.494. The van der Waals surface area contributed by atoms with Gasteiger partial charge in [0.2, 0.25) is 0 Å². The van der Waals surface area contributed by atoms with Crippen LogP contribution in [0.1, 0.15) is 26.2 Å². The van der Waals surface area contributed by atoms with E-state index in [4.69, 9.17) is 0 Å². The first-order chi connectivity index (χ1) is 4.74. The van der Waals surface area contributed by atoms with E-state index in [0.717, 1.165) is 11.8 Å². The highest BCUT2D eigenvalue weighted by molar-refractivity contribution is 5.94. The predicted molar refractivity (Wildman–Crippen MR) is 37.4 cm³/mol. The van der Waals surface area contributed by atoms with E-state index in [1.54, 1.807) is 0 Å². The van der Waals surface area contributed by atoms with E-state index in [2.05, 4.69) is 6.92 Å². The molecule has 0 aromatic heterocycles. The van der Waals surface area contributed by atoms with Crippen molar-refractivity contribution < 1.29 is 4.79 Å². The SMILES string of the molecule is CC12C(=O)C3CCC1C2C3. The summed E-state index contributed by atoms with van der Waals surface area (Å²) < 4.78 is 0. The number of carbonyl (C=O) groups is 1. The molecular weight excluding hydrogens is 124 g/mol. The van der Waals surface area contributed by atoms with Gasteiger partial charge in [-0.15, -0.1) is 0 Å². The lowest BCUT2D eigenvalue weighted by Crippen LogP contribution is -2.25. The first-order valence-corrected chi connectivity index (χ1v) is 4.29. The van der Waals surface area contributed by atoms with Crippen molar-refractivity contribution in [2.24, 2.45) is 23.2 Å². The zero-order valence-electron chi connectivity index (χ0n) is 6.26. The molecule has 0 N–H and O–H groups in total. The van der Waals surface area contributed by atoms with Gasteiger partial charge in [0.15, 0.2) is 0 Å². The molecule has 0 aliphatic heterocycles. The van der Waals surface area contributed by atoms with Crippen LogP contribution in [0.15, 0.2) is 0 Å². The number of ketones is 1. The summed E-state index contributed by atoms with van der Waals surface area (Å²) >= 11 is 0. The Morgan fingerprint density at radius 1 is 1.40 bits per heavy atom. The van der Waals surface area contributed by atoms with Crippen LogP contribution in [-0.4, -0.2) is 5.78 Å². The maximum Gasteiger partial charge on any atom is 0.142 e. The Kier molecular flexibility index (Phi) is 0.637. The highest BCUT2D eigenvalue weighted by atomic mass is 16.1. The van der Waals surface area contributed by atoms with Crippen molar-refractivity contribution >= 4 is 5.78 Å². The van der Waals surface area contributed by atoms with Crippen LogP contribution in [0.4, 0.5) is 0 Å². The zero-order valence-corrected chi connectivity index (χ0v) is 6.26. The Balaban J connectivity index is 2.11. The van der Waals surface area contributed by atoms with Gasteiger partial charge in [-0.2, -0.15) is 0 Å². The molecule has 10 heavy (non-hydrogen) atoms. The summed E-state index contributed by atoms with van der Waals surface area (Å²) in [6.07, 6.45) is 3.78. The minimum absolute atomic E-state index is 0.197. The van der Waals surface area contributed by atoms with Gasteiger partial charge in [-0.3, -0.25) is 4.79 Å². The fourth-order valence-corrected chi connectivity index (χ4v) is 3.46. The fraction of sp³-hybridized carbons (Fsp3) is 0.889. The van der Waals surface area contributed by atoms with Gasteiger partial charge in [-0.1, -0.05) is 6.92 Å². The van der Waals surface area contributed by atoms with Crippen LogP contribution < -0.4 is 0 Å². The second kappa shape index (κ2) is 1.19. The molecule has 0 spiro atoms. The second-order valence-electron chi connectivity index (χ2n) is 4.37. The summed E-state index contributed by atoms with van der Waals surface area (Å²) in [5, 5.41) is 0. The van der Waals surface area contributed by atoms with Crippen molar-refractivity contribution in [2.75, 3.05) is 0 Å². The Hall–Kier alpha value is -0.330. The number of hydrogen-bond donors (Lipinski definition) is 0. The molecule has 4 fully saturated rings. The van der Waals surface area contributed by atoms with Gasteiger partial charge in [0, 0.05) is 11.3 Å². The first kappa shape index (κ1) is 5.34. The smallest absolute Gasteiger partial charge is 0.142 e. The molecule has 0 aromatic carbocycles. The van der Waals surface area contributed by atoms with Gasteiger partial charge < -0.3 is 0 Å². The molecule has 1 nitrogen and oxygen atoms in total. The topological polar surface area (TPSA) is 17.1 Å². The van der Waals surface area contributed by atoms with E-state index < -0.39 is 0 Å². The molecule has 54 valence electrons. The Morgan fingerprint density at radius 3 is 2.50 bits per heavy atom. The second-order valence-corrected chi connectivity index (χ2v) is 4.37. The Labute approximate surface area is 60.8 Å². The maximum absolute atomic E-state index is 11.5. The first-order valence-electron chi connectivity index (χ1n) is 4.29. The third-order valence-corrected chi connectivity index (χ3v) is 4.18. The van der Waals surface area contributed by atoms with Crippen molar-refractivity contribution in [3.05, 3.63) is 0 Å². The van der Waals surface area contributed by atoms with Gasteiger partial charge >= 0.3 is 0 Å². The van der Waals surface area contributed by atoms with Crippen molar-refractivity contribution in [1.82, 2.24) is 0 Å². The van der Waals surface area contributed by atoms with Gasteiger partial charge in [0.05, 0.1) is 0 Å². The van der Waals surface area contributed by atoms with Crippen LogP contribution in [0.5, 0.6) is 0 Å². The van der Waals surface area contributed by atoms with Gasteiger partial charge in [-0.05, 0) is 31.1 Å². The summed E-state index contributed by atoms with van der Waals surface area (Å²) in [5.41, 5.74) is 0.197. The molecule has 0 aromatic rings. The number of Topliss-reactive ketones (excluding diaryl/α,β-unsaturated/α-hetero) is 1. The summed E-state index contributed by atoms with van der Waals surface area (Å²) in [7, 11) is 0. The lowest BCUT2D eigenvalue weighted by molar-refractivity contribution is -0.128. The van der Waals surface area contributed by atoms with Crippen molar-refractivity contribution in [1.29, 1.82) is 0 Å². The normalized spacial score (nSPS) is 62.9. The molecule has 0 saturated heterocycles. The summed E-state index contributed by atoms with van der Waals surface area (Å²) in [5.74, 6) is 2.72. The van der Waals surface area contributed by atoms with E-state index in [1.165, 1.54) is 19.3 Å². The van der Waals surface area contributed by atoms with Crippen LogP contribution >= 0.6 is 0 Å². The molecule has 4 rings (SSSR count). The summed E-state index contributed by atoms with van der Waals surface area (Å²) in [6.45, 7) is 2.18. The third-order valence-electron chi connectivity index (χ3n) is 4.18. The monoisotopic (exact) mass is 136 g/mol. The van der Waals surface area contributed by atoms with Crippen LogP contribution in [0, 0.1) is 23.2 Å². The molecule has 4 bridgehead atoms. The van der Waals surface area contributed by atoms with E-state index in [0.29, 0.717) is 11.7 Å². The van der Waals surface area contributed by atoms with Gasteiger partial charge in [0.1, 0.15) is 5.78 Å². The molecular formula is C9H12O. The van der Waals surface area contributed by atoms with Crippen LogP contribution in [0.3, 0.4) is 0 Å². The molecule has 0 radical (unpaired) electrons. The minimum atomic E-state index is 0.197. The number of hydrogen-bond acceptors (Lipinski definition) is 1. The lowest BCUT2D eigenvalue weighted by atomic mass is 9.81. The molecule has 0 heterocycles. The van der Waals surface area contributed by atoms with Gasteiger partial charge in [-0.25, -0.2) is 0 Å². The fourth-order valence-electron chi connectivity index (χ4n) is 3.46. The van der Waals surface area contributed by atoms with Crippen molar-refractivity contribution in [3.8, 4) is 0 Å². The van der Waals surface area contributed by atoms with Crippen LogP contribution in [0.2, 0.25) is 0 Å². The highest BCUT2D eigenvalue weighted by Gasteiger charge is 2.73. The number of rotatable bonds is 0. The number of fused-ring (bicyclic) bond motifs is 1. The molecule has 4 atom stereocenters. The molecule has 4 saturated carbocycles. The van der Waals surface area contributed by atoms with Gasteiger partial charge in [0.25, 0.3) is 0 Å². The van der Waals surface area contributed by atoms with Crippen LogP contribution in [0.25, 0.3) is 0 Å². The average Bonchev–Trinajstić information content (AvgIpc) is 2.50. The molecule has 4 aliphatic carbocycles. The molecule has 0 amide bonds. The summed E-state index contributed by atoms with van der Waals surface area (Å²) in [4.78, 5) is 11.5. The number of carbonyl (C=O) groups excluding carboxylic acids is 1. The maximum atomic E-state index is 11.5. The van der Waals surface area contributed by atoms with E-state index >= 15 is 0 Å². The summed E-state index contributed by atoms with van der Waals surface area (Å²) in [6, 6.07) is 0. The average molecular weight is 136 g/mol. The largest absolute Gasteiger partial charge is 0.299 e.